The van der Waals surface area contributed by atoms with Gasteiger partial charge in [-0.3, -0.25) is 0 Å². The molecule has 78 valence electrons. The molecule has 1 heterocycles. The molecule has 15 heavy (non-hydrogen) atoms. The standard InChI is InChI=1S/C10H9NO3S/c1-13-6-3-4-8-7(5-6)9(11-15-8)10(12)14-2/h3-5H,1-2H3. The Labute approximate surface area is 90.6 Å². The molecule has 0 fully saturated rings. The quantitative estimate of drug-likeness (QED) is 0.731. The maximum atomic E-state index is 11.4. The first-order chi connectivity index (χ1) is 7.26. The van der Waals surface area contributed by atoms with Crippen molar-refractivity contribution in [3.05, 3.63) is 23.9 Å². The first kappa shape index (κ1) is 9.92. The van der Waals surface area contributed by atoms with E-state index in [1.807, 2.05) is 12.1 Å². The number of rotatable bonds is 2. The van der Waals surface area contributed by atoms with Crippen molar-refractivity contribution < 1.29 is 14.3 Å². The Bertz CT molecular complexity index is 506. The van der Waals surface area contributed by atoms with Crippen molar-refractivity contribution in [3.63, 3.8) is 0 Å². The van der Waals surface area contributed by atoms with Crippen molar-refractivity contribution in [2.75, 3.05) is 14.2 Å². The molecule has 2 rings (SSSR count). The van der Waals surface area contributed by atoms with E-state index in [0.717, 1.165) is 10.1 Å². The van der Waals surface area contributed by atoms with Crippen molar-refractivity contribution in [3.8, 4) is 5.75 Å². The molecular weight excluding hydrogens is 214 g/mol. The molecule has 0 aliphatic heterocycles. The summed E-state index contributed by atoms with van der Waals surface area (Å²) in [5.41, 5.74) is 0.344. The van der Waals surface area contributed by atoms with Gasteiger partial charge in [-0.25, -0.2) is 4.79 Å². The Kier molecular flexibility index (Phi) is 2.55. The van der Waals surface area contributed by atoms with Crippen molar-refractivity contribution >= 4 is 27.6 Å². The fourth-order valence-corrected chi connectivity index (χ4v) is 2.03. The summed E-state index contributed by atoms with van der Waals surface area (Å²) in [6.07, 6.45) is 0. The van der Waals surface area contributed by atoms with Crippen LogP contribution in [0.1, 0.15) is 10.5 Å². The van der Waals surface area contributed by atoms with Crippen LogP contribution in [0, 0.1) is 0 Å². The zero-order chi connectivity index (χ0) is 10.8. The van der Waals surface area contributed by atoms with Crippen LogP contribution >= 0.6 is 11.5 Å². The van der Waals surface area contributed by atoms with Gasteiger partial charge in [-0.15, -0.1) is 0 Å². The predicted molar refractivity (Wildman–Crippen MR) is 57.5 cm³/mol. The monoisotopic (exact) mass is 223 g/mol. The van der Waals surface area contributed by atoms with Crippen LogP contribution in [0.4, 0.5) is 0 Å². The molecule has 0 bridgehead atoms. The summed E-state index contributed by atoms with van der Waals surface area (Å²) in [6, 6.07) is 5.49. The number of aromatic nitrogens is 1. The largest absolute Gasteiger partial charge is 0.497 e. The van der Waals surface area contributed by atoms with E-state index in [0.29, 0.717) is 11.4 Å². The lowest BCUT2D eigenvalue weighted by atomic mass is 10.2. The van der Waals surface area contributed by atoms with Gasteiger partial charge in [0.2, 0.25) is 0 Å². The number of ether oxygens (including phenoxy) is 2. The summed E-state index contributed by atoms with van der Waals surface area (Å²) in [5, 5.41) is 0.770. The number of methoxy groups -OCH3 is 2. The second kappa shape index (κ2) is 3.86. The number of hydrogen-bond acceptors (Lipinski definition) is 5. The van der Waals surface area contributed by atoms with Crippen molar-refractivity contribution in [2.45, 2.75) is 0 Å². The lowest BCUT2D eigenvalue weighted by Crippen LogP contribution is -2.01. The zero-order valence-electron chi connectivity index (χ0n) is 8.31. The highest BCUT2D eigenvalue weighted by Gasteiger charge is 2.14. The van der Waals surface area contributed by atoms with Gasteiger partial charge in [0.15, 0.2) is 5.69 Å². The molecule has 4 nitrogen and oxygen atoms in total. The maximum absolute atomic E-state index is 11.4. The van der Waals surface area contributed by atoms with Crippen LogP contribution in [0.5, 0.6) is 5.75 Å². The lowest BCUT2D eigenvalue weighted by Gasteiger charge is -1.99. The summed E-state index contributed by atoms with van der Waals surface area (Å²) < 4.78 is 14.7. The third-order valence-corrected chi connectivity index (χ3v) is 2.88. The van der Waals surface area contributed by atoms with E-state index in [9.17, 15) is 4.79 Å². The first-order valence-corrected chi connectivity index (χ1v) is 5.05. The summed E-state index contributed by atoms with van der Waals surface area (Å²) in [5.74, 6) is 0.280. The minimum absolute atomic E-state index is 0.344. The molecule has 0 unspecified atom stereocenters. The third-order valence-electron chi connectivity index (χ3n) is 2.06. The van der Waals surface area contributed by atoms with Crippen molar-refractivity contribution in [1.82, 2.24) is 4.37 Å². The molecule has 1 aromatic carbocycles. The van der Waals surface area contributed by atoms with E-state index in [4.69, 9.17) is 4.74 Å². The Hall–Kier alpha value is -1.62. The van der Waals surface area contributed by atoms with Crippen LogP contribution < -0.4 is 4.74 Å². The highest BCUT2D eigenvalue weighted by atomic mass is 32.1. The molecule has 0 atom stereocenters. The van der Waals surface area contributed by atoms with Gasteiger partial charge in [0.25, 0.3) is 0 Å². The number of esters is 1. The van der Waals surface area contributed by atoms with Gasteiger partial charge in [0.05, 0.1) is 18.9 Å². The fraction of sp³-hybridized carbons (Fsp3) is 0.200. The molecule has 0 aliphatic rings. The number of carbonyl (C=O) groups excluding carboxylic acids is 1. The van der Waals surface area contributed by atoms with E-state index >= 15 is 0 Å². The Balaban J connectivity index is 2.61. The van der Waals surface area contributed by atoms with Crippen LogP contribution in [-0.4, -0.2) is 24.6 Å². The van der Waals surface area contributed by atoms with Crippen molar-refractivity contribution in [2.24, 2.45) is 0 Å². The fourth-order valence-electron chi connectivity index (χ4n) is 1.29. The highest BCUT2D eigenvalue weighted by molar-refractivity contribution is 7.13. The summed E-state index contributed by atoms with van der Waals surface area (Å²) >= 11 is 1.27. The first-order valence-electron chi connectivity index (χ1n) is 4.28. The van der Waals surface area contributed by atoms with Gasteiger partial charge in [0.1, 0.15) is 5.75 Å². The molecule has 0 aliphatic carbocycles. The second-order valence-electron chi connectivity index (χ2n) is 2.88. The average Bonchev–Trinajstić information content (AvgIpc) is 2.70. The van der Waals surface area contributed by atoms with Gasteiger partial charge in [-0.2, -0.15) is 4.37 Å². The second-order valence-corrected chi connectivity index (χ2v) is 3.69. The number of fused-ring (bicyclic) bond motifs is 1. The van der Waals surface area contributed by atoms with E-state index in [1.165, 1.54) is 18.6 Å². The number of benzene rings is 1. The third kappa shape index (κ3) is 1.66. The molecule has 2 aromatic rings. The molecule has 0 saturated carbocycles. The van der Waals surface area contributed by atoms with Gasteiger partial charge in [0, 0.05) is 5.39 Å². The Morgan fingerprint density at radius 1 is 1.40 bits per heavy atom. The molecular formula is C10H9NO3S. The number of carbonyl (C=O) groups is 1. The lowest BCUT2D eigenvalue weighted by molar-refractivity contribution is 0.0598. The topological polar surface area (TPSA) is 48.4 Å². The number of nitrogens with zero attached hydrogens (tertiary/aromatic N) is 1. The van der Waals surface area contributed by atoms with E-state index in [-0.39, 0.29) is 0 Å². The smallest absolute Gasteiger partial charge is 0.358 e. The molecule has 0 saturated heterocycles. The Morgan fingerprint density at radius 3 is 2.87 bits per heavy atom. The van der Waals surface area contributed by atoms with E-state index < -0.39 is 5.97 Å². The van der Waals surface area contributed by atoms with Crippen molar-refractivity contribution in [1.29, 1.82) is 0 Å². The highest BCUT2D eigenvalue weighted by Crippen LogP contribution is 2.27. The minimum atomic E-state index is -0.422. The molecule has 5 heteroatoms. The predicted octanol–water partition coefficient (Wildman–Crippen LogP) is 2.09. The van der Waals surface area contributed by atoms with Gasteiger partial charge in [-0.1, -0.05) is 0 Å². The summed E-state index contributed by atoms with van der Waals surface area (Å²) in [6.45, 7) is 0. The average molecular weight is 223 g/mol. The van der Waals surface area contributed by atoms with Gasteiger partial charge < -0.3 is 9.47 Å². The van der Waals surface area contributed by atoms with Crippen LogP contribution in [0.25, 0.3) is 10.1 Å². The van der Waals surface area contributed by atoms with Crippen LogP contribution in [0.2, 0.25) is 0 Å². The molecule has 0 N–H and O–H groups in total. The molecule has 0 radical (unpaired) electrons. The summed E-state index contributed by atoms with van der Waals surface area (Å²) in [4.78, 5) is 11.4. The normalized spacial score (nSPS) is 10.3. The Morgan fingerprint density at radius 2 is 2.20 bits per heavy atom. The SMILES string of the molecule is COC(=O)c1nsc2ccc(OC)cc12. The van der Waals surface area contributed by atoms with E-state index in [2.05, 4.69) is 9.11 Å². The zero-order valence-corrected chi connectivity index (χ0v) is 9.13. The number of hydrogen-bond donors (Lipinski definition) is 0. The maximum Gasteiger partial charge on any atom is 0.358 e. The summed E-state index contributed by atoms with van der Waals surface area (Å²) in [7, 11) is 2.92. The van der Waals surface area contributed by atoms with Gasteiger partial charge >= 0.3 is 5.97 Å². The molecule has 0 spiro atoms. The van der Waals surface area contributed by atoms with Crippen LogP contribution in [-0.2, 0) is 4.74 Å². The van der Waals surface area contributed by atoms with Crippen LogP contribution in [0.3, 0.4) is 0 Å². The van der Waals surface area contributed by atoms with Crippen LogP contribution in [0.15, 0.2) is 18.2 Å². The van der Waals surface area contributed by atoms with Gasteiger partial charge in [-0.05, 0) is 29.7 Å². The molecule has 0 amide bonds. The van der Waals surface area contributed by atoms with E-state index in [1.54, 1.807) is 13.2 Å². The minimum Gasteiger partial charge on any atom is -0.497 e. The molecule has 1 aromatic heterocycles.